The maximum absolute atomic E-state index is 13.1. The van der Waals surface area contributed by atoms with E-state index in [9.17, 15) is 13.6 Å². The third-order valence-electron chi connectivity index (χ3n) is 2.52. The summed E-state index contributed by atoms with van der Waals surface area (Å²) in [5.74, 6) is -1.90. The van der Waals surface area contributed by atoms with Crippen molar-refractivity contribution in [2.75, 3.05) is 5.73 Å². The van der Waals surface area contributed by atoms with E-state index in [2.05, 4.69) is 0 Å². The van der Waals surface area contributed by atoms with Gasteiger partial charge in [-0.1, -0.05) is 11.6 Å². The minimum atomic E-state index is -0.767. The van der Waals surface area contributed by atoms with E-state index in [-0.39, 0.29) is 22.9 Å². The quantitative estimate of drug-likeness (QED) is 0.696. The molecule has 6 heteroatoms. The molecule has 0 atom stereocenters. The van der Waals surface area contributed by atoms with E-state index >= 15 is 0 Å². The summed E-state index contributed by atoms with van der Waals surface area (Å²) in [5.41, 5.74) is 5.85. The number of esters is 1. The molecular formula is C14H10ClF2NO2. The van der Waals surface area contributed by atoms with Crippen molar-refractivity contribution >= 4 is 23.3 Å². The Hall–Kier alpha value is -2.14. The Labute approximate surface area is 118 Å². The Morgan fingerprint density at radius 3 is 2.60 bits per heavy atom. The Morgan fingerprint density at radius 2 is 1.90 bits per heavy atom. The van der Waals surface area contributed by atoms with Gasteiger partial charge in [-0.3, -0.25) is 0 Å². The summed E-state index contributed by atoms with van der Waals surface area (Å²) in [6.45, 7) is -0.216. The zero-order valence-corrected chi connectivity index (χ0v) is 11.0. The molecule has 0 aliphatic heterocycles. The van der Waals surface area contributed by atoms with E-state index in [1.165, 1.54) is 18.2 Å². The third-order valence-corrected chi connectivity index (χ3v) is 2.89. The molecule has 0 aliphatic rings. The number of nitrogens with two attached hydrogens (primary N) is 1. The molecule has 104 valence electrons. The summed E-state index contributed by atoms with van der Waals surface area (Å²) in [7, 11) is 0. The molecule has 2 rings (SSSR count). The summed E-state index contributed by atoms with van der Waals surface area (Å²) in [5, 5.41) is 0.276. The van der Waals surface area contributed by atoms with Gasteiger partial charge in [0.25, 0.3) is 0 Å². The van der Waals surface area contributed by atoms with Crippen molar-refractivity contribution in [1.29, 1.82) is 0 Å². The van der Waals surface area contributed by atoms with Gasteiger partial charge in [-0.25, -0.2) is 13.6 Å². The normalized spacial score (nSPS) is 10.3. The molecule has 0 bridgehead atoms. The first kappa shape index (κ1) is 14.3. The highest BCUT2D eigenvalue weighted by molar-refractivity contribution is 6.31. The van der Waals surface area contributed by atoms with E-state index in [4.69, 9.17) is 22.1 Å². The molecule has 20 heavy (non-hydrogen) atoms. The molecule has 0 spiro atoms. The standard InChI is InChI=1S/C14H10ClF2NO2/c15-13-2-1-10(16)4-9(13)7-20-14(19)8-3-11(17)6-12(18)5-8/h1-6H,7,18H2. The van der Waals surface area contributed by atoms with Crippen LogP contribution in [0.25, 0.3) is 0 Å². The maximum Gasteiger partial charge on any atom is 0.338 e. The fraction of sp³-hybridized carbons (Fsp3) is 0.0714. The van der Waals surface area contributed by atoms with E-state index in [0.29, 0.717) is 5.56 Å². The van der Waals surface area contributed by atoms with Crippen LogP contribution >= 0.6 is 11.6 Å². The molecule has 0 heterocycles. The molecular weight excluding hydrogens is 288 g/mol. The number of benzene rings is 2. The number of carbonyl (C=O) groups excluding carboxylic acids is 1. The maximum atomic E-state index is 13.1. The molecule has 0 aliphatic carbocycles. The number of rotatable bonds is 3. The Kier molecular flexibility index (Phi) is 4.20. The predicted octanol–water partition coefficient (Wildman–Crippen LogP) is 3.56. The molecule has 0 amide bonds. The SMILES string of the molecule is Nc1cc(F)cc(C(=O)OCc2cc(F)ccc2Cl)c1. The zero-order valence-electron chi connectivity index (χ0n) is 10.2. The second-order valence-electron chi connectivity index (χ2n) is 4.09. The van der Waals surface area contributed by atoms with Gasteiger partial charge in [-0.2, -0.15) is 0 Å². The highest BCUT2D eigenvalue weighted by Gasteiger charge is 2.11. The zero-order chi connectivity index (χ0) is 14.7. The fourth-order valence-electron chi connectivity index (χ4n) is 1.61. The van der Waals surface area contributed by atoms with Crippen LogP contribution in [0.3, 0.4) is 0 Å². The lowest BCUT2D eigenvalue weighted by molar-refractivity contribution is 0.0472. The van der Waals surface area contributed by atoms with Crippen LogP contribution in [0.2, 0.25) is 5.02 Å². The van der Waals surface area contributed by atoms with Gasteiger partial charge in [0.05, 0.1) is 5.56 Å². The van der Waals surface area contributed by atoms with Gasteiger partial charge in [0.2, 0.25) is 0 Å². The lowest BCUT2D eigenvalue weighted by atomic mass is 10.2. The number of ether oxygens (including phenoxy) is 1. The second-order valence-corrected chi connectivity index (χ2v) is 4.49. The lowest BCUT2D eigenvalue weighted by Gasteiger charge is -2.07. The van der Waals surface area contributed by atoms with E-state index in [1.54, 1.807) is 0 Å². The van der Waals surface area contributed by atoms with Crippen molar-refractivity contribution in [3.05, 3.63) is 64.2 Å². The molecule has 3 nitrogen and oxygen atoms in total. The van der Waals surface area contributed by atoms with Gasteiger partial charge in [-0.15, -0.1) is 0 Å². The number of hydrogen-bond acceptors (Lipinski definition) is 3. The molecule has 0 saturated heterocycles. The average molecular weight is 298 g/mol. The van der Waals surface area contributed by atoms with Crippen LogP contribution in [0.4, 0.5) is 14.5 Å². The lowest BCUT2D eigenvalue weighted by Crippen LogP contribution is -2.07. The van der Waals surface area contributed by atoms with Gasteiger partial charge < -0.3 is 10.5 Å². The fourth-order valence-corrected chi connectivity index (χ4v) is 1.78. The number of hydrogen-bond donors (Lipinski definition) is 1. The summed E-state index contributed by atoms with van der Waals surface area (Å²) in [6.07, 6.45) is 0. The molecule has 2 aromatic rings. The van der Waals surface area contributed by atoms with Crippen LogP contribution < -0.4 is 5.73 Å². The number of nitrogen functional groups attached to an aromatic ring is 1. The number of halogens is 3. The van der Waals surface area contributed by atoms with Gasteiger partial charge in [0.15, 0.2) is 0 Å². The largest absolute Gasteiger partial charge is 0.457 e. The molecule has 2 aromatic carbocycles. The van der Waals surface area contributed by atoms with Crippen LogP contribution in [0.1, 0.15) is 15.9 Å². The van der Waals surface area contributed by atoms with Crippen LogP contribution in [0, 0.1) is 11.6 Å². The van der Waals surface area contributed by atoms with Crippen molar-refractivity contribution in [1.82, 2.24) is 0 Å². The summed E-state index contributed by atoms with van der Waals surface area (Å²) in [6, 6.07) is 7.10. The van der Waals surface area contributed by atoms with E-state index < -0.39 is 17.6 Å². The number of carbonyl (C=O) groups is 1. The summed E-state index contributed by atoms with van der Waals surface area (Å²) in [4.78, 5) is 11.7. The topological polar surface area (TPSA) is 52.3 Å². The van der Waals surface area contributed by atoms with Crippen LogP contribution in [0.15, 0.2) is 36.4 Å². The van der Waals surface area contributed by atoms with Gasteiger partial charge in [-0.05, 0) is 36.4 Å². The molecule has 0 aromatic heterocycles. The summed E-state index contributed by atoms with van der Waals surface area (Å²) >= 11 is 5.84. The van der Waals surface area contributed by atoms with E-state index in [1.807, 2.05) is 0 Å². The van der Waals surface area contributed by atoms with Crippen molar-refractivity contribution < 1.29 is 18.3 Å². The van der Waals surface area contributed by atoms with Gasteiger partial charge in [0.1, 0.15) is 18.2 Å². The second kappa shape index (κ2) is 5.88. The third kappa shape index (κ3) is 3.45. The Bertz CT molecular complexity index is 641. The van der Waals surface area contributed by atoms with E-state index in [0.717, 1.165) is 18.2 Å². The number of anilines is 1. The highest BCUT2D eigenvalue weighted by atomic mass is 35.5. The molecule has 2 N–H and O–H groups in total. The minimum absolute atomic E-state index is 0.0185. The van der Waals surface area contributed by atoms with Crippen molar-refractivity contribution in [3.8, 4) is 0 Å². The first-order valence-corrected chi connectivity index (χ1v) is 6.00. The Morgan fingerprint density at radius 1 is 1.15 bits per heavy atom. The van der Waals surface area contributed by atoms with Gasteiger partial charge in [0, 0.05) is 16.3 Å². The average Bonchev–Trinajstić information content (AvgIpc) is 2.38. The first-order chi connectivity index (χ1) is 9.45. The smallest absolute Gasteiger partial charge is 0.338 e. The van der Waals surface area contributed by atoms with Gasteiger partial charge >= 0.3 is 5.97 Å². The van der Waals surface area contributed by atoms with Crippen molar-refractivity contribution in [2.45, 2.75) is 6.61 Å². The molecule has 0 unspecified atom stereocenters. The van der Waals surface area contributed by atoms with Crippen LogP contribution in [0.5, 0.6) is 0 Å². The van der Waals surface area contributed by atoms with Crippen molar-refractivity contribution in [3.63, 3.8) is 0 Å². The Balaban J connectivity index is 2.10. The molecule has 0 radical (unpaired) electrons. The molecule has 0 saturated carbocycles. The van der Waals surface area contributed by atoms with Crippen molar-refractivity contribution in [2.24, 2.45) is 0 Å². The van der Waals surface area contributed by atoms with Crippen LogP contribution in [-0.4, -0.2) is 5.97 Å². The first-order valence-electron chi connectivity index (χ1n) is 5.63. The molecule has 0 fully saturated rings. The summed E-state index contributed by atoms with van der Waals surface area (Å²) < 4.78 is 31.1. The monoisotopic (exact) mass is 297 g/mol. The highest BCUT2D eigenvalue weighted by Crippen LogP contribution is 2.19. The van der Waals surface area contributed by atoms with Crippen LogP contribution in [-0.2, 0) is 11.3 Å². The predicted molar refractivity (Wildman–Crippen MR) is 71.3 cm³/mol. The minimum Gasteiger partial charge on any atom is -0.457 e.